The predicted octanol–water partition coefficient (Wildman–Crippen LogP) is 6.93. The van der Waals surface area contributed by atoms with Gasteiger partial charge in [0.2, 0.25) is 6.29 Å². The number of benzene rings is 2. The SMILES string of the molecule is CCC(CC(C)c1ccccc1)c1ccc(OC2OCC(OC3OCC(OC4OCC(C)C(C)C4OC(C)=O)C(C)C3OC(C)=O)C(C)C2OC(C)=O)cc1. The van der Waals surface area contributed by atoms with E-state index in [4.69, 9.17) is 42.6 Å². The van der Waals surface area contributed by atoms with Gasteiger partial charge in [0, 0.05) is 38.5 Å². The van der Waals surface area contributed by atoms with Crippen molar-refractivity contribution in [1.29, 1.82) is 0 Å². The van der Waals surface area contributed by atoms with Gasteiger partial charge in [0.15, 0.2) is 30.9 Å². The molecule has 5 rings (SSSR count). The van der Waals surface area contributed by atoms with Crippen LogP contribution in [0, 0.1) is 23.7 Å². The van der Waals surface area contributed by atoms with E-state index in [1.807, 2.05) is 45.9 Å². The van der Waals surface area contributed by atoms with Gasteiger partial charge in [0.05, 0.1) is 32.0 Å². The lowest BCUT2D eigenvalue weighted by Crippen LogP contribution is -2.58. The highest BCUT2D eigenvalue weighted by molar-refractivity contribution is 5.67. The number of carbonyl (C=O) groups excluding carboxylic acids is 3. The molecule has 12 heteroatoms. The zero-order valence-electron chi connectivity index (χ0n) is 33.7. The van der Waals surface area contributed by atoms with Crippen LogP contribution in [0.1, 0.15) is 98.1 Å². The molecule has 0 amide bonds. The van der Waals surface area contributed by atoms with Crippen LogP contribution in [0.15, 0.2) is 54.6 Å². The Morgan fingerprint density at radius 1 is 0.636 bits per heavy atom. The van der Waals surface area contributed by atoms with Crippen molar-refractivity contribution in [3.63, 3.8) is 0 Å². The summed E-state index contributed by atoms with van der Waals surface area (Å²) in [6, 6.07) is 18.6. The average Bonchev–Trinajstić information content (AvgIpc) is 3.15. The van der Waals surface area contributed by atoms with Crippen LogP contribution in [0.3, 0.4) is 0 Å². The van der Waals surface area contributed by atoms with Gasteiger partial charge in [-0.2, -0.15) is 0 Å². The van der Waals surface area contributed by atoms with Gasteiger partial charge < -0.3 is 42.6 Å². The summed E-state index contributed by atoms with van der Waals surface area (Å²) in [4.78, 5) is 36.6. The summed E-state index contributed by atoms with van der Waals surface area (Å²) in [5.74, 6) is -0.633. The molecule has 2 aromatic carbocycles. The molecule has 12 nitrogen and oxygen atoms in total. The number of hydrogen-bond donors (Lipinski definition) is 0. The Balaban J connectivity index is 1.23. The summed E-state index contributed by atoms with van der Waals surface area (Å²) >= 11 is 0. The van der Waals surface area contributed by atoms with Crippen molar-refractivity contribution in [2.75, 3.05) is 19.8 Å². The Hall–Kier alpha value is -3.55. The molecule has 3 fully saturated rings. The second-order valence-electron chi connectivity index (χ2n) is 15.6. The molecule has 55 heavy (non-hydrogen) atoms. The minimum atomic E-state index is -0.968. The third kappa shape index (κ3) is 11.1. The van der Waals surface area contributed by atoms with Crippen molar-refractivity contribution in [3.8, 4) is 5.75 Å². The van der Waals surface area contributed by atoms with Gasteiger partial charge in [-0.15, -0.1) is 0 Å². The molecular weight excluding hydrogens is 708 g/mol. The van der Waals surface area contributed by atoms with Crippen molar-refractivity contribution >= 4 is 17.9 Å². The van der Waals surface area contributed by atoms with Gasteiger partial charge in [0.1, 0.15) is 5.75 Å². The first kappa shape index (κ1) is 42.6. The van der Waals surface area contributed by atoms with E-state index in [1.54, 1.807) is 0 Å². The average molecular weight is 769 g/mol. The number of esters is 3. The van der Waals surface area contributed by atoms with Crippen LogP contribution >= 0.6 is 0 Å². The van der Waals surface area contributed by atoms with Crippen LogP contribution in [-0.4, -0.2) is 87.1 Å². The fourth-order valence-corrected chi connectivity index (χ4v) is 7.76. The highest BCUT2D eigenvalue weighted by Gasteiger charge is 2.49. The predicted molar refractivity (Wildman–Crippen MR) is 202 cm³/mol. The summed E-state index contributed by atoms with van der Waals surface area (Å²) in [5.41, 5.74) is 2.56. The number of carbonyl (C=O) groups is 3. The van der Waals surface area contributed by atoms with E-state index in [-0.39, 0.29) is 31.0 Å². The van der Waals surface area contributed by atoms with Gasteiger partial charge in [-0.25, -0.2) is 0 Å². The molecule has 3 heterocycles. The smallest absolute Gasteiger partial charge is 0.303 e. The van der Waals surface area contributed by atoms with Crippen LogP contribution in [0.2, 0.25) is 0 Å². The Morgan fingerprint density at radius 2 is 1.11 bits per heavy atom. The van der Waals surface area contributed by atoms with E-state index in [0.717, 1.165) is 12.8 Å². The molecule has 0 aromatic heterocycles. The van der Waals surface area contributed by atoms with Gasteiger partial charge in [-0.05, 0) is 53.9 Å². The standard InChI is InChI=1S/C43H60O12/c1-10-32(20-24(2)33-14-12-11-13-15-33)34-16-18-35(19-17-34)53-41-39(51-30(8)45)27(5)36(22-48-41)55-43-40(52-31(9)46)28(6)37(23-49-43)54-42-38(50-29(7)44)26(4)25(3)21-47-42/h11-19,24-28,32,36-43H,10,20-23H2,1-9H3. The maximum atomic E-state index is 12.3. The fraction of sp³-hybridized carbons (Fsp3) is 0.651. The molecule has 0 bridgehead atoms. The fourth-order valence-electron chi connectivity index (χ4n) is 7.76. The Labute approximate surface area is 325 Å². The molecule has 0 N–H and O–H groups in total. The minimum Gasteiger partial charge on any atom is -0.461 e. The molecule has 0 radical (unpaired) electrons. The van der Waals surface area contributed by atoms with Crippen molar-refractivity contribution in [2.45, 2.75) is 136 Å². The second-order valence-corrected chi connectivity index (χ2v) is 15.6. The highest BCUT2D eigenvalue weighted by atomic mass is 16.8. The van der Waals surface area contributed by atoms with Crippen LogP contribution in [-0.2, 0) is 52.3 Å². The first-order valence-electron chi connectivity index (χ1n) is 19.7. The van der Waals surface area contributed by atoms with Crippen molar-refractivity contribution in [3.05, 3.63) is 65.7 Å². The van der Waals surface area contributed by atoms with Crippen LogP contribution < -0.4 is 4.74 Å². The molecule has 2 aromatic rings. The second kappa shape index (κ2) is 19.5. The molecule has 14 unspecified atom stereocenters. The molecule has 3 saturated heterocycles. The van der Waals surface area contributed by atoms with E-state index in [9.17, 15) is 14.4 Å². The number of rotatable bonds is 14. The van der Waals surface area contributed by atoms with E-state index < -0.39 is 73.2 Å². The maximum absolute atomic E-state index is 12.3. The molecule has 3 aliphatic heterocycles. The van der Waals surface area contributed by atoms with Crippen LogP contribution in [0.5, 0.6) is 5.75 Å². The van der Waals surface area contributed by atoms with Gasteiger partial charge >= 0.3 is 17.9 Å². The summed E-state index contributed by atoms with van der Waals surface area (Å²) < 4.78 is 54.6. The van der Waals surface area contributed by atoms with E-state index in [1.165, 1.54) is 31.9 Å². The monoisotopic (exact) mass is 768 g/mol. The third-order valence-corrected chi connectivity index (χ3v) is 11.4. The van der Waals surface area contributed by atoms with Gasteiger partial charge in [-0.1, -0.05) is 84.0 Å². The molecule has 0 saturated carbocycles. The van der Waals surface area contributed by atoms with Gasteiger partial charge in [-0.3, -0.25) is 14.4 Å². The molecule has 0 aliphatic carbocycles. The molecule has 3 aliphatic rings. The summed E-state index contributed by atoms with van der Waals surface area (Å²) in [6.45, 7) is 17.0. The summed E-state index contributed by atoms with van der Waals surface area (Å²) in [7, 11) is 0. The van der Waals surface area contributed by atoms with Crippen LogP contribution in [0.25, 0.3) is 0 Å². The topological polar surface area (TPSA) is 134 Å². The number of hydrogen-bond acceptors (Lipinski definition) is 12. The third-order valence-electron chi connectivity index (χ3n) is 11.4. The molecule has 304 valence electrons. The first-order valence-corrected chi connectivity index (χ1v) is 19.7. The van der Waals surface area contributed by atoms with E-state index >= 15 is 0 Å². The lowest BCUT2D eigenvalue weighted by Gasteiger charge is -2.46. The zero-order chi connectivity index (χ0) is 39.8. The van der Waals surface area contributed by atoms with E-state index in [2.05, 4.69) is 50.2 Å². The maximum Gasteiger partial charge on any atom is 0.303 e. The minimum absolute atomic E-state index is 0.000406. The normalized spacial score (nSPS) is 33.5. The van der Waals surface area contributed by atoms with E-state index in [0.29, 0.717) is 24.2 Å². The Bertz CT molecular complexity index is 1530. The zero-order valence-corrected chi connectivity index (χ0v) is 33.7. The highest BCUT2D eigenvalue weighted by Crippen LogP contribution is 2.37. The Kier molecular flexibility index (Phi) is 15.1. The van der Waals surface area contributed by atoms with Gasteiger partial charge in [0.25, 0.3) is 0 Å². The summed E-state index contributed by atoms with van der Waals surface area (Å²) in [5, 5.41) is 0. The molecule has 14 atom stereocenters. The lowest BCUT2D eigenvalue weighted by molar-refractivity contribution is -0.331. The first-order chi connectivity index (χ1) is 26.2. The van der Waals surface area contributed by atoms with Crippen molar-refractivity contribution in [2.24, 2.45) is 23.7 Å². The molecular formula is C43H60O12. The summed E-state index contributed by atoms with van der Waals surface area (Å²) in [6.07, 6.45) is -4.06. The number of ether oxygens (including phenoxy) is 9. The van der Waals surface area contributed by atoms with Crippen molar-refractivity contribution < 1.29 is 57.0 Å². The van der Waals surface area contributed by atoms with Crippen molar-refractivity contribution in [1.82, 2.24) is 0 Å². The molecule has 0 spiro atoms. The van der Waals surface area contributed by atoms with Crippen LogP contribution in [0.4, 0.5) is 0 Å². The Morgan fingerprint density at radius 3 is 1.62 bits per heavy atom. The quantitative estimate of drug-likeness (QED) is 0.146. The lowest BCUT2D eigenvalue weighted by atomic mass is 9.84. The largest absolute Gasteiger partial charge is 0.461 e.